The van der Waals surface area contributed by atoms with Crippen molar-refractivity contribution in [2.75, 3.05) is 21.3 Å². The number of methoxy groups -OCH3 is 3. The fraction of sp³-hybridized carbons (Fsp3) is 0.286. The van der Waals surface area contributed by atoms with Gasteiger partial charge >= 0.3 is 5.97 Å². The minimum Gasteiger partial charge on any atom is -0.497 e. The molecule has 0 atom stereocenters. The predicted octanol–water partition coefficient (Wildman–Crippen LogP) is 2.54. The van der Waals surface area contributed by atoms with E-state index in [1.54, 1.807) is 20.3 Å². The van der Waals surface area contributed by atoms with E-state index in [1.165, 1.54) is 18.4 Å². The minimum atomic E-state index is -0.302. The van der Waals surface area contributed by atoms with Crippen molar-refractivity contribution in [2.45, 2.75) is 6.42 Å². The van der Waals surface area contributed by atoms with E-state index in [0.717, 1.165) is 16.3 Å². The molecule has 0 saturated carbocycles. The largest absolute Gasteiger partial charge is 0.497 e. The zero-order chi connectivity index (χ0) is 14.5. The number of nitrogens with zero attached hydrogens (tertiary/aromatic N) is 1. The number of carbonyl (C=O) groups is 1. The standard InChI is InChI=1S/C14H15NO4S/c1-17-10-4-5-11(12(7-10)18-2)14-15-9(8-20-14)6-13(16)19-3/h4-5,7-8H,6H2,1-3H3. The summed E-state index contributed by atoms with van der Waals surface area (Å²) in [6.07, 6.45) is 0.172. The lowest BCUT2D eigenvalue weighted by molar-refractivity contribution is -0.139. The van der Waals surface area contributed by atoms with E-state index in [9.17, 15) is 4.79 Å². The van der Waals surface area contributed by atoms with Crippen LogP contribution in [0.3, 0.4) is 0 Å². The van der Waals surface area contributed by atoms with Gasteiger partial charge in [-0.2, -0.15) is 0 Å². The molecule has 106 valence electrons. The van der Waals surface area contributed by atoms with E-state index in [0.29, 0.717) is 11.4 Å². The number of aromatic nitrogens is 1. The van der Waals surface area contributed by atoms with E-state index < -0.39 is 0 Å². The molecule has 1 aromatic heterocycles. The summed E-state index contributed by atoms with van der Waals surface area (Å²) in [5.74, 6) is 1.10. The Morgan fingerprint density at radius 3 is 2.70 bits per heavy atom. The van der Waals surface area contributed by atoms with Gasteiger partial charge in [0.15, 0.2) is 0 Å². The van der Waals surface area contributed by atoms with Crippen LogP contribution in [0, 0.1) is 0 Å². The first-order valence-corrected chi connectivity index (χ1v) is 6.79. The summed E-state index contributed by atoms with van der Waals surface area (Å²) in [6.45, 7) is 0. The second-order valence-corrected chi connectivity index (χ2v) is 4.82. The Morgan fingerprint density at radius 2 is 2.05 bits per heavy atom. The Kier molecular flexibility index (Phi) is 4.57. The fourth-order valence-electron chi connectivity index (χ4n) is 1.71. The van der Waals surface area contributed by atoms with Gasteiger partial charge in [-0.15, -0.1) is 11.3 Å². The smallest absolute Gasteiger partial charge is 0.311 e. The average molecular weight is 293 g/mol. The molecule has 0 radical (unpaired) electrons. The van der Waals surface area contributed by atoms with Gasteiger partial charge in [0.05, 0.1) is 39.0 Å². The molecule has 0 amide bonds. The number of carbonyl (C=O) groups excluding carboxylic acids is 1. The lowest BCUT2D eigenvalue weighted by Gasteiger charge is -2.08. The summed E-state index contributed by atoms with van der Waals surface area (Å²) < 4.78 is 15.1. The maximum absolute atomic E-state index is 11.2. The van der Waals surface area contributed by atoms with Gasteiger partial charge in [0.2, 0.25) is 0 Å². The molecule has 2 aromatic rings. The monoisotopic (exact) mass is 293 g/mol. The zero-order valence-corrected chi connectivity index (χ0v) is 12.3. The lowest BCUT2D eigenvalue weighted by Crippen LogP contribution is -2.04. The number of ether oxygens (including phenoxy) is 3. The number of benzene rings is 1. The molecule has 1 aromatic carbocycles. The first kappa shape index (κ1) is 14.3. The molecule has 0 fully saturated rings. The molecule has 0 saturated heterocycles. The van der Waals surface area contributed by atoms with Crippen molar-refractivity contribution in [3.63, 3.8) is 0 Å². The summed E-state index contributed by atoms with van der Waals surface area (Å²) >= 11 is 1.46. The molecule has 6 heteroatoms. The third kappa shape index (κ3) is 3.08. The molecule has 0 N–H and O–H groups in total. The van der Waals surface area contributed by atoms with Crippen molar-refractivity contribution in [1.29, 1.82) is 0 Å². The number of esters is 1. The SMILES string of the molecule is COC(=O)Cc1csc(-c2ccc(OC)cc2OC)n1. The van der Waals surface area contributed by atoms with Gasteiger partial charge in [0, 0.05) is 11.4 Å². The van der Waals surface area contributed by atoms with Crippen LogP contribution < -0.4 is 9.47 Å². The molecule has 20 heavy (non-hydrogen) atoms. The summed E-state index contributed by atoms with van der Waals surface area (Å²) in [5.41, 5.74) is 1.56. The maximum atomic E-state index is 11.2. The van der Waals surface area contributed by atoms with Gasteiger partial charge in [-0.25, -0.2) is 4.98 Å². The van der Waals surface area contributed by atoms with Crippen LogP contribution in [0.2, 0.25) is 0 Å². The van der Waals surface area contributed by atoms with E-state index in [2.05, 4.69) is 9.72 Å². The second kappa shape index (κ2) is 6.38. The van der Waals surface area contributed by atoms with Gasteiger partial charge < -0.3 is 14.2 Å². The molecule has 1 heterocycles. The number of thiazole rings is 1. The quantitative estimate of drug-likeness (QED) is 0.793. The summed E-state index contributed by atoms with van der Waals surface area (Å²) in [6, 6.07) is 5.54. The number of hydrogen-bond acceptors (Lipinski definition) is 6. The highest BCUT2D eigenvalue weighted by atomic mass is 32.1. The van der Waals surface area contributed by atoms with Crippen molar-refractivity contribution < 1.29 is 19.0 Å². The van der Waals surface area contributed by atoms with Gasteiger partial charge in [-0.1, -0.05) is 0 Å². The minimum absolute atomic E-state index is 0.172. The molecule has 0 unspecified atom stereocenters. The Balaban J connectivity index is 2.29. The molecule has 0 aliphatic carbocycles. The zero-order valence-electron chi connectivity index (χ0n) is 11.5. The third-order valence-corrected chi connectivity index (χ3v) is 3.67. The molecule has 0 spiro atoms. The molecule has 2 rings (SSSR count). The van der Waals surface area contributed by atoms with Crippen LogP contribution in [-0.4, -0.2) is 32.3 Å². The van der Waals surface area contributed by atoms with Gasteiger partial charge in [-0.05, 0) is 12.1 Å². The first-order chi connectivity index (χ1) is 9.67. The topological polar surface area (TPSA) is 57.7 Å². The Hall–Kier alpha value is -2.08. The number of rotatable bonds is 5. The van der Waals surface area contributed by atoms with E-state index in [1.807, 2.05) is 17.5 Å². The van der Waals surface area contributed by atoms with Crippen molar-refractivity contribution in [3.05, 3.63) is 29.3 Å². The van der Waals surface area contributed by atoms with E-state index >= 15 is 0 Å². The van der Waals surface area contributed by atoms with Crippen LogP contribution in [0.25, 0.3) is 10.6 Å². The first-order valence-electron chi connectivity index (χ1n) is 5.91. The summed E-state index contributed by atoms with van der Waals surface area (Å²) in [4.78, 5) is 15.7. The molecule has 0 aliphatic rings. The highest BCUT2D eigenvalue weighted by Gasteiger charge is 2.13. The number of hydrogen-bond donors (Lipinski definition) is 0. The molecule has 0 aliphatic heterocycles. The van der Waals surface area contributed by atoms with E-state index in [-0.39, 0.29) is 12.4 Å². The Morgan fingerprint density at radius 1 is 1.25 bits per heavy atom. The van der Waals surface area contributed by atoms with Crippen molar-refractivity contribution >= 4 is 17.3 Å². The molecular weight excluding hydrogens is 278 g/mol. The van der Waals surface area contributed by atoms with Crippen molar-refractivity contribution in [1.82, 2.24) is 4.98 Å². The van der Waals surface area contributed by atoms with Crippen LogP contribution in [0.15, 0.2) is 23.6 Å². The lowest BCUT2D eigenvalue weighted by atomic mass is 10.2. The van der Waals surface area contributed by atoms with Crippen molar-refractivity contribution in [3.8, 4) is 22.1 Å². The Labute approximate surface area is 121 Å². The predicted molar refractivity (Wildman–Crippen MR) is 76.4 cm³/mol. The van der Waals surface area contributed by atoms with Crippen LogP contribution in [0.4, 0.5) is 0 Å². The second-order valence-electron chi connectivity index (χ2n) is 3.96. The maximum Gasteiger partial charge on any atom is 0.311 e. The highest BCUT2D eigenvalue weighted by Crippen LogP contribution is 2.35. The van der Waals surface area contributed by atoms with Gasteiger partial charge in [-0.3, -0.25) is 4.79 Å². The normalized spacial score (nSPS) is 10.2. The van der Waals surface area contributed by atoms with Crippen LogP contribution >= 0.6 is 11.3 Å². The highest BCUT2D eigenvalue weighted by molar-refractivity contribution is 7.13. The summed E-state index contributed by atoms with van der Waals surface area (Å²) in [5, 5.41) is 2.64. The average Bonchev–Trinajstić information content (AvgIpc) is 2.94. The Bertz CT molecular complexity index is 609. The third-order valence-electron chi connectivity index (χ3n) is 2.74. The van der Waals surface area contributed by atoms with Crippen molar-refractivity contribution in [2.24, 2.45) is 0 Å². The molecule has 5 nitrogen and oxygen atoms in total. The molecular formula is C14H15NO4S. The van der Waals surface area contributed by atoms with E-state index in [4.69, 9.17) is 9.47 Å². The van der Waals surface area contributed by atoms with Gasteiger partial charge in [0.1, 0.15) is 16.5 Å². The van der Waals surface area contributed by atoms with Crippen LogP contribution in [0.1, 0.15) is 5.69 Å². The fourth-order valence-corrected chi connectivity index (χ4v) is 2.56. The summed E-state index contributed by atoms with van der Waals surface area (Å²) in [7, 11) is 4.57. The van der Waals surface area contributed by atoms with Crippen LogP contribution in [-0.2, 0) is 16.0 Å². The van der Waals surface area contributed by atoms with Gasteiger partial charge in [0.25, 0.3) is 0 Å². The molecule has 0 bridgehead atoms. The van der Waals surface area contributed by atoms with Crippen LogP contribution in [0.5, 0.6) is 11.5 Å².